The molecule has 0 amide bonds. The fraction of sp³-hybridized carbons (Fsp3) is 0.500. The lowest BCUT2D eigenvalue weighted by atomic mass is 10.7. The van der Waals surface area contributed by atoms with Gasteiger partial charge in [0, 0.05) is 26.0 Å². The van der Waals surface area contributed by atoms with Crippen molar-refractivity contribution in [1.82, 2.24) is 9.42 Å². The van der Waals surface area contributed by atoms with Gasteiger partial charge in [-0.05, 0) is 0 Å². The summed E-state index contributed by atoms with van der Waals surface area (Å²) in [4.78, 5) is 0. The molecule has 0 saturated heterocycles. The molecule has 0 aromatic rings. The molecule has 1 atom stereocenters. The zero-order chi connectivity index (χ0) is 6.85. The molecule has 0 radical (unpaired) electrons. The van der Waals surface area contributed by atoms with Crippen molar-refractivity contribution in [2.75, 3.05) is 19.8 Å². The summed E-state index contributed by atoms with van der Waals surface area (Å²) in [6, 6.07) is 0. The lowest BCUT2D eigenvalue weighted by Gasteiger charge is -2.31. The summed E-state index contributed by atoms with van der Waals surface area (Å²) in [5, 5.41) is 2.06. The van der Waals surface area contributed by atoms with Gasteiger partial charge in [0.1, 0.15) is 0 Å². The van der Waals surface area contributed by atoms with Crippen LogP contribution >= 0.6 is 10.7 Å². The Morgan fingerprint density at radius 3 is 2.67 bits per heavy atom. The highest BCUT2D eigenvalue weighted by Crippen LogP contribution is 2.20. The summed E-state index contributed by atoms with van der Waals surface area (Å²) in [5.74, 6) is 5.07. The predicted octanol–water partition coefficient (Wildman–Crippen LogP) is 0.908. The highest BCUT2D eigenvalue weighted by molar-refractivity contribution is 8.12. The molecule has 0 aliphatic carbocycles. The van der Waals surface area contributed by atoms with Gasteiger partial charge in [0.15, 0.2) is 0 Å². The van der Waals surface area contributed by atoms with Crippen molar-refractivity contribution in [2.45, 2.75) is 0 Å². The minimum Gasteiger partial charge on any atom is -0.308 e. The van der Waals surface area contributed by atoms with Crippen molar-refractivity contribution >= 4 is 16.5 Å². The van der Waals surface area contributed by atoms with E-state index in [1.54, 1.807) is 0 Å². The van der Waals surface area contributed by atoms with E-state index < -0.39 is 0 Å². The summed E-state index contributed by atoms with van der Waals surface area (Å²) < 4.78 is 2.14. The zero-order valence-electron chi connectivity index (χ0n) is 5.87. The Balaban J connectivity index is 2.69. The van der Waals surface area contributed by atoms with Crippen LogP contribution in [0.5, 0.6) is 0 Å². The Morgan fingerprint density at radius 2 is 2.22 bits per heavy atom. The van der Waals surface area contributed by atoms with Crippen molar-refractivity contribution in [1.29, 1.82) is 0 Å². The van der Waals surface area contributed by atoms with Gasteiger partial charge in [-0.2, -0.15) is 4.41 Å². The average molecular weight is 144 g/mol. The molecule has 2 nitrogen and oxygen atoms in total. The molecule has 1 aliphatic rings. The Kier molecular flexibility index (Phi) is 1.93. The van der Waals surface area contributed by atoms with Crippen LogP contribution < -0.4 is 0 Å². The molecular formula is C6H12N2S. The Hall–Kier alpha value is -0.280. The average Bonchev–Trinajstić information content (AvgIpc) is 1.83. The van der Waals surface area contributed by atoms with E-state index in [-0.39, 0.29) is 10.7 Å². The van der Waals surface area contributed by atoms with Gasteiger partial charge in [-0.15, -0.1) is 10.7 Å². The van der Waals surface area contributed by atoms with Gasteiger partial charge < -0.3 is 5.01 Å². The first kappa shape index (κ1) is 6.83. The minimum absolute atomic E-state index is 0.157. The third-order valence-corrected chi connectivity index (χ3v) is 3.01. The fourth-order valence-electron chi connectivity index (χ4n) is 0.691. The first-order valence-corrected chi connectivity index (χ1v) is 4.37. The standard InChI is InChI=1S/C6H12N2S/c1-7-5-4-6-9(3)8(7)2/h4-5H,3,6H2,1-2H3. The predicted molar refractivity (Wildman–Crippen MR) is 44.2 cm³/mol. The molecule has 1 aliphatic heterocycles. The van der Waals surface area contributed by atoms with Gasteiger partial charge in [-0.25, -0.2) is 0 Å². The smallest absolute Gasteiger partial charge is 0.0236 e. The highest BCUT2D eigenvalue weighted by atomic mass is 32.2. The second-order valence-corrected chi connectivity index (χ2v) is 3.84. The van der Waals surface area contributed by atoms with E-state index in [9.17, 15) is 0 Å². The largest absolute Gasteiger partial charge is 0.308 e. The van der Waals surface area contributed by atoms with Crippen molar-refractivity contribution in [3.63, 3.8) is 0 Å². The fourth-order valence-corrected chi connectivity index (χ4v) is 1.63. The maximum absolute atomic E-state index is 3.99. The van der Waals surface area contributed by atoms with Gasteiger partial charge >= 0.3 is 0 Å². The maximum atomic E-state index is 3.99. The molecule has 1 rings (SSSR count). The first-order chi connectivity index (χ1) is 4.22. The van der Waals surface area contributed by atoms with Crippen LogP contribution in [0.2, 0.25) is 0 Å². The summed E-state index contributed by atoms with van der Waals surface area (Å²) >= 11 is 0. The summed E-state index contributed by atoms with van der Waals surface area (Å²) in [6.45, 7) is 0. The maximum Gasteiger partial charge on any atom is 0.0236 e. The summed E-state index contributed by atoms with van der Waals surface area (Å²) in [5.41, 5.74) is 0. The van der Waals surface area contributed by atoms with Gasteiger partial charge in [0.05, 0.1) is 0 Å². The van der Waals surface area contributed by atoms with E-state index in [0.717, 1.165) is 5.75 Å². The SMILES string of the molecule is C=S1CC=CN(C)N1C. The van der Waals surface area contributed by atoms with E-state index in [4.69, 9.17) is 0 Å². The zero-order valence-corrected chi connectivity index (χ0v) is 6.69. The summed E-state index contributed by atoms with van der Waals surface area (Å²) in [7, 11) is 4.24. The number of nitrogens with zero attached hydrogens (tertiary/aromatic N) is 2. The van der Waals surface area contributed by atoms with E-state index in [1.807, 2.05) is 7.05 Å². The van der Waals surface area contributed by atoms with E-state index in [1.165, 1.54) is 0 Å². The minimum atomic E-state index is 0.157. The molecule has 9 heavy (non-hydrogen) atoms. The molecule has 1 unspecified atom stereocenters. The molecule has 3 heteroatoms. The van der Waals surface area contributed by atoms with Crippen LogP contribution in [0.4, 0.5) is 0 Å². The molecular weight excluding hydrogens is 132 g/mol. The Labute approximate surface area is 58.8 Å². The molecule has 0 aromatic heterocycles. The Bertz CT molecular complexity index is 153. The Morgan fingerprint density at radius 1 is 1.56 bits per heavy atom. The van der Waals surface area contributed by atoms with E-state index in [2.05, 4.69) is 34.6 Å². The van der Waals surface area contributed by atoms with Gasteiger partial charge in [-0.1, -0.05) is 11.9 Å². The quantitative estimate of drug-likeness (QED) is 0.466. The third-order valence-electron chi connectivity index (χ3n) is 1.43. The molecule has 0 spiro atoms. The van der Waals surface area contributed by atoms with Crippen molar-refractivity contribution < 1.29 is 0 Å². The summed E-state index contributed by atoms with van der Waals surface area (Å²) in [6.07, 6.45) is 4.21. The number of hydrazine groups is 1. The van der Waals surface area contributed by atoms with Crippen molar-refractivity contribution in [2.24, 2.45) is 0 Å². The second kappa shape index (κ2) is 2.54. The van der Waals surface area contributed by atoms with E-state index in [0.29, 0.717) is 0 Å². The number of rotatable bonds is 0. The normalized spacial score (nSPS) is 29.1. The molecule has 0 fully saturated rings. The lowest BCUT2D eigenvalue weighted by molar-refractivity contribution is 0.207. The van der Waals surface area contributed by atoms with Crippen LogP contribution in [0, 0.1) is 0 Å². The molecule has 0 bridgehead atoms. The van der Waals surface area contributed by atoms with Crippen molar-refractivity contribution in [3.05, 3.63) is 12.3 Å². The van der Waals surface area contributed by atoms with Crippen LogP contribution in [-0.2, 0) is 0 Å². The molecule has 0 N–H and O–H groups in total. The number of hydrogen-bond acceptors (Lipinski definition) is 2. The topological polar surface area (TPSA) is 6.48 Å². The van der Waals surface area contributed by atoms with Crippen LogP contribution in [0.3, 0.4) is 0 Å². The van der Waals surface area contributed by atoms with Gasteiger partial charge in [-0.3, -0.25) is 0 Å². The second-order valence-electron chi connectivity index (χ2n) is 2.05. The van der Waals surface area contributed by atoms with Crippen LogP contribution in [0.15, 0.2) is 12.3 Å². The first-order valence-electron chi connectivity index (χ1n) is 2.85. The van der Waals surface area contributed by atoms with Crippen LogP contribution in [0.1, 0.15) is 0 Å². The third kappa shape index (κ3) is 1.34. The van der Waals surface area contributed by atoms with Gasteiger partial charge in [0.25, 0.3) is 0 Å². The van der Waals surface area contributed by atoms with E-state index >= 15 is 0 Å². The molecule has 1 heterocycles. The van der Waals surface area contributed by atoms with Crippen LogP contribution in [-0.4, -0.2) is 35.1 Å². The monoisotopic (exact) mass is 144 g/mol. The molecule has 52 valence electrons. The van der Waals surface area contributed by atoms with Crippen LogP contribution in [0.25, 0.3) is 0 Å². The van der Waals surface area contributed by atoms with Gasteiger partial charge in [0.2, 0.25) is 0 Å². The molecule has 0 saturated carbocycles. The highest BCUT2D eigenvalue weighted by Gasteiger charge is 2.06. The van der Waals surface area contributed by atoms with Crippen molar-refractivity contribution in [3.8, 4) is 0 Å². The number of hydrogen-bond donors (Lipinski definition) is 0. The molecule has 0 aromatic carbocycles. The lowest BCUT2D eigenvalue weighted by Crippen LogP contribution is -2.30.